The van der Waals surface area contributed by atoms with Crippen LogP contribution in [0.15, 0.2) is 0 Å². The number of fused-ring (bicyclic) bond motifs is 3. The fourth-order valence-electron chi connectivity index (χ4n) is 10.9. The number of methoxy groups -OCH3 is 1. The van der Waals surface area contributed by atoms with Gasteiger partial charge in [0.25, 0.3) is 0 Å². The van der Waals surface area contributed by atoms with Crippen LogP contribution in [0, 0.1) is 45.8 Å². The first-order valence-corrected chi connectivity index (χ1v) is 16.8. The first kappa shape index (κ1) is 33.2. The van der Waals surface area contributed by atoms with Crippen LogP contribution in [-0.4, -0.2) is 61.3 Å². The third-order valence-electron chi connectivity index (χ3n) is 13.1. The molecule has 4 fully saturated rings. The number of hydrogen-bond donors (Lipinski definition) is 2. The average molecular weight is 578 g/mol. The predicted molar refractivity (Wildman–Crippen MR) is 165 cm³/mol. The molecule has 0 aromatic carbocycles. The molecule has 0 aromatic rings. The van der Waals surface area contributed by atoms with Gasteiger partial charge in [-0.2, -0.15) is 0 Å². The third-order valence-corrected chi connectivity index (χ3v) is 13.1. The van der Waals surface area contributed by atoms with E-state index in [2.05, 4.69) is 46.9 Å². The molecule has 4 aliphatic rings. The van der Waals surface area contributed by atoms with Crippen LogP contribution in [0.1, 0.15) is 120 Å². The molecule has 6 heteroatoms. The first-order chi connectivity index (χ1) is 19.1. The van der Waals surface area contributed by atoms with Crippen molar-refractivity contribution in [1.29, 1.82) is 0 Å². The van der Waals surface area contributed by atoms with Gasteiger partial charge in [0.1, 0.15) is 0 Å². The van der Waals surface area contributed by atoms with Gasteiger partial charge in [0.2, 0.25) is 0 Å². The van der Waals surface area contributed by atoms with Gasteiger partial charge in [-0.15, -0.1) is 0 Å². The van der Waals surface area contributed by atoms with E-state index in [9.17, 15) is 9.90 Å². The van der Waals surface area contributed by atoms with Crippen LogP contribution in [0.3, 0.4) is 0 Å². The number of aliphatic hydroxyl groups is 1. The minimum Gasteiger partial charge on any atom is -0.457 e. The molecule has 4 rings (SSSR count). The highest BCUT2D eigenvalue weighted by molar-refractivity contribution is 5.66. The quantitative estimate of drug-likeness (QED) is 0.220. The summed E-state index contributed by atoms with van der Waals surface area (Å²) in [6.45, 7) is 21.6. The molecule has 3 aliphatic carbocycles. The van der Waals surface area contributed by atoms with Gasteiger partial charge in [-0.3, -0.25) is 4.79 Å². The summed E-state index contributed by atoms with van der Waals surface area (Å²) in [4.78, 5) is 12.0. The lowest BCUT2D eigenvalue weighted by Crippen LogP contribution is -2.55. The van der Waals surface area contributed by atoms with Crippen molar-refractivity contribution >= 4 is 5.97 Å². The molecule has 0 bridgehead atoms. The summed E-state index contributed by atoms with van der Waals surface area (Å²) in [5, 5.41) is 14.8. The van der Waals surface area contributed by atoms with Crippen LogP contribution in [-0.2, 0) is 19.0 Å². The van der Waals surface area contributed by atoms with Crippen LogP contribution < -0.4 is 5.32 Å². The molecule has 1 aliphatic heterocycles. The monoisotopic (exact) mass is 577 g/mol. The molecule has 3 unspecified atom stereocenters. The van der Waals surface area contributed by atoms with Gasteiger partial charge in [0.05, 0.1) is 24.4 Å². The van der Waals surface area contributed by atoms with Crippen molar-refractivity contribution < 1.29 is 24.1 Å². The van der Waals surface area contributed by atoms with Crippen molar-refractivity contribution in [3.05, 3.63) is 0 Å². The number of ether oxygens (including phenoxy) is 3. The van der Waals surface area contributed by atoms with Crippen LogP contribution in [0.5, 0.6) is 0 Å². The summed E-state index contributed by atoms with van der Waals surface area (Å²) < 4.78 is 17.9. The molecule has 11 atom stereocenters. The Morgan fingerprint density at radius 3 is 2.41 bits per heavy atom. The van der Waals surface area contributed by atoms with E-state index >= 15 is 0 Å². The lowest BCUT2D eigenvalue weighted by molar-refractivity contribution is -0.208. The minimum absolute atomic E-state index is 0.152. The Hall–Kier alpha value is -0.690. The lowest BCUT2D eigenvalue weighted by Gasteiger charge is -2.55. The molecule has 2 N–H and O–H groups in total. The minimum atomic E-state index is -1.15. The van der Waals surface area contributed by atoms with Crippen molar-refractivity contribution in [3.8, 4) is 0 Å². The summed E-state index contributed by atoms with van der Waals surface area (Å²) >= 11 is 0. The van der Waals surface area contributed by atoms with E-state index in [-0.39, 0.29) is 34.4 Å². The van der Waals surface area contributed by atoms with Gasteiger partial charge in [0.15, 0.2) is 6.10 Å². The zero-order valence-electron chi connectivity index (χ0n) is 28.1. The van der Waals surface area contributed by atoms with E-state index in [0.29, 0.717) is 29.7 Å². The molecular weight excluding hydrogens is 514 g/mol. The number of esters is 1. The van der Waals surface area contributed by atoms with Crippen molar-refractivity contribution in [2.45, 2.75) is 150 Å². The lowest BCUT2D eigenvalue weighted by atomic mass is 9.50. The zero-order valence-corrected chi connectivity index (χ0v) is 28.1. The van der Waals surface area contributed by atoms with Crippen molar-refractivity contribution in [2.24, 2.45) is 45.8 Å². The summed E-state index contributed by atoms with van der Waals surface area (Å²) in [5.74, 6) is 2.78. The highest BCUT2D eigenvalue weighted by Crippen LogP contribution is 2.69. The Labute approximate surface area is 251 Å². The van der Waals surface area contributed by atoms with E-state index in [1.165, 1.54) is 51.9 Å². The SMILES string of the molecule is COCCN[C@H]1CCC(C)[C@@H](CC[C@@H]2CCC[C@]3(C)C4C(C[C@@]23C)O[C@@H]([C@H](OC(C)=O)C(C)(C)O)C[C@H]4C)C1(C)C. The van der Waals surface area contributed by atoms with Crippen molar-refractivity contribution in [3.63, 3.8) is 0 Å². The fraction of sp³-hybridized carbons (Fsp3) is 0.971. The van der Waals surface area contributed by atoms with Crippen LogP contribution in [0.25, 0.3) is 0 Å². The largest absolute Gasteiger partial charge is 0.457 e. The van der Waals surface area contributed by atoms with E-state index < -0.39 is 11.7 Å². The molecule has 1 saturated heterocycles. The second-order valence-corrected chi connectivity index (χ2v) is 16.3. The number of carbonyl (C=O) groups excluding carboxylic acids is 1. The summed E-state index contributed by atoms with van der Waals surface area (Å²) in [7, 11) is 1.79. The first-order valence-electron chi connectivity index (χ1n) is 16.8. The molecule has 1 heterocycles. The van der Waals surface area contributed by atoms with E-state index in [1.54, 1.807) is 21.0 Å². The Morgan fingerprint density at radius 1 is 1.07 bits per heavy atom. The topological polar surface area (TPSA) is 77.0 Å². The average Bonchev–Trinajstić information content (AvgIpc) is 3.10. The Morgan fingerprint density at radius 2 is 1.78 bits per heavy atom. The Kier molecular flexibility index (Phi) is 10.0. The second-order valence-electron chi connectivity index (χ2n) is 16.3. The number of carbonyl (C=O) groups is 1. The third kappa shape index (κ3) is 6.28. The summed E-state index contributed by atoms with van der Waals surface area (Å²) in [6.07, 6.45) is 10.2. The molecule has 3 saturated carbocycles. The molecule has 0 radical (unpaired) electrons. The molecular formula is C35H63NO5. The zero-order chi connectivity index (χ0) is 30.4. The molecule has 0 amide bonds. The molecule has 0 aromatic heterocycles. The summed E-state index contributed by atoms with van der Waals surface area (Å²) in [5.41, 5.74) is -0.409. The van der Waals surface area contributed by atoms with Gasteiger partial charge in [-0.1, -0.05) is 48.0 Å². The molecule has 238 valence electrons. The fourth-order valence-corrected chi connectivity index (χ4v) is 10.9. The van der Waals surface area contributed by atoms with E-state index in [4.69, 9.17) is 14.2 Å². The number of hydrogen-bond acceptors (Lipinski definition) is 6. The van der Waals surface area contributed by atoms with Gasteiger partial charge in [0, 0.05) is 26.6 Å². The maximum Gasteiger partial charge on any atom is 0.303 e. The van der Waals surface area contributed by atoms with Crippen LogP contribution in [0.4, 0.5) is 0 Å². The predicted octanol–water partition coefficient (Wildman–Crippen LogP) is 6.77. The molecule has 6 nitrogen and oxygen atoms in total. The van der Waals surface area contributed by atoms with Gasteiger partial charge >= 0.3 is 5.97 Å². The van der Waals surface area contributed by atoms with E-state index in [1.807, 2.05) is 0 Å². The molecule has 41 heavy (non-hydrogen) atoms. The highest BCUT2D eigenvalue weighted by atomic mass is 16.6. The van der Waals surface area contributed by atoms with Gasteiger partial charge in [-0.25, -0.2) is 0 Å². The maximum atomic E-state index is 12.0. The molecule has 0 spiro atoms. The van der Waals surface area contributed by atoms with Crippen LogP contribution in [0.2, 0.25) is 0 Å². The van der Waals surface area contributed by atoms with E-state index in [0.717, 1.165) is 31.9 Å². The van der Waals surface area contributed by atoms with Crippen molar-refractivity contribution in [1.82, 2.24) is 5.32 Å². The smallest absolute Gasteiger partial charge is 0.303 e. The van der Waals surface area contributed by atoms with Crippen LogP contribution >= 0.6 is 0 Å². The standard InChI is InChI=1S/C35H63NO5/c1-22-13-16-29(36-18-19-39-10)32(4,5)26(22)15-14-25-12-11-17-34(8)30-23(2)20-27(41-28(30)21-35(25,34)9)31(33(6,7)38)40-24(3)37/h22-23,25-31,36,38H,11-21H2,1-10H3/t22?,23-,25+,26-,27-,28?,29+,30?,31+,34-,35+/m1/s1. The van der Waals surface area contributed by atoms with Gasteiger partial charge < -0.3 is 24.6 Å². The number of nitrogens with one attached hydrogen (secondary N) is 1. The van der Waals surface area contributed by atoms with Crippen molar-refractivity contribution in [2.75, 3.05) is 20.3 Å². The number of rotatable bonds is 10. The normalized spacial score (nSPS) is 43.2. The second kappa shape index (κ2) is 12.4. The maximum absolute atomic E-state index is 12.0. The highest BCUT2D eigenvalue weighted by Gasteiger charge is 2.66. The Bertz CT molecular complexity index is 899. The Balaban J connectivity index is 1.51. The van der Waals surface area contributed by atoms with Gasteiger partial charge in [-0.05, 0) is 111 Å². The summed E-state index contributed by atoms with van der Waals surface area (Å²) in [6, 6.07) is 0.549.